The molecular weight excluding hydrogens is 172 g/mol. The molecule has 1 rings (SSSR count). The Hall–Kier alpha value is -1.78. The van der Waals surface area contributed by atoms with E-state index in [0.717, 1.165) is 0 Å². The lowest BCUT2D eigenvalue weighted by Crippen LogP contribution is -1.98. The van der Waals surface area contributed by atoms with Gasteiger partial charge in [0.2, 0.25) is 0 Å². The van der Waals surface area contributed by atoms with E-state index in [9.17, 15) is 14.9 Å². The van der Waals surface area contributed by atoms with Crippen molar-refractivity contribution in [3.63, 3.8) is 0 Å². The average molecular weight is 180 g/mol. The highest BCUT2D eigenvalue weighted by molar-refractivity contribution is 5.95. The summed E-state index contributed by atoms with van der Waals surface area (Å²) in [6, 6.07) is 2.64. The predicted octanol–water partition coefficient (Wildman–Crippen LogP) is 1.58. The molecule has 0 bridgehead atoms. The summed E-state index contributed by atoms with van der Waals surface area (Å²) in [4.78, 5) is 24.2. The minimum absolute atomic E-state index is 0.0672. The summed E-state index contributed by atoms with van der Waals surface area (Å²) in [5.41, 5.74) is 0.410. The van der Waals surface area contributed by atoms with Crippen LogP contribution in [0.5, 0.6) is 0 Å². The Morgan fingerprint density at radius 1 is 1.62 bits per heavy atom. The maximum Gasteiger partial charge on any atom is 0.363 e. The van der Waals surface area contributed by atoms with E-state index in [-0.39, 0.29) is 11.6 Å². The van der Waals surface area contributed by atoms with Crippen LogP contribution >= 0.6 is 0 Å². The number of Topliss-reactive ketones (excluding diaryl/α,β-unsaturated/α-hetero) is 1. The quantitative estimate of drug-likeness (QED) is 0.402. The number of carbonyl (C=O) groups excluding carboxylic acids is 1. The summed E-state index contributed by atoms with van der Waals surface area (Å²) < 4.78 is 0. The minimum Gasteiger partial charge on any atom is -0.358 e. The lowest BCUT2D eigenvalue weighted by molar-refractivity contribution is -0.389. The molecule has 1 aromatic rings. The summed E-state index contributed by atoms with van der Waals surface area (Å²) in [7, 11) is 0. The van der Waals surface area contributed by atoms with Crippen LogP contribution in [-0.2, 0) is 0 Å². The van der Waals surface area contributed by atoms with Crippen LogP contribution in [0.25, 0.3) is 0 Å². The zero-order valence-corrected chi connectivity index (χ0v) is 7.06. The van der Waals surface area contributed by atoms with Crippen molar-refractivity contribution in [2.24, 2.45) is 0 Å². The number of ketones is 1. The number of aromatic nitrogens is 1. The molecule has 0 N–H and O–H groups in total. The van der Waals surface area contributed by atoms with Crippen LogP contribution in [0.15, 0.2) is 18.3 Å². The Morgan fingerprint density at radius 2 is 2.31 bits per heavy atom. The number of hydrogen-bond donors (Lipinski definition) is 0. The molecule has 13 heavy (non-hydrogen) atoms. The van der Waals surface area contributed by atoms with Gasteiger partial charge in [0.25, 0.3) is 0 Å². The van der Waals surface area contributed by atoms with Gasteiger partial charge in [0.1, 0.15) is 0 Å². The van der Waals surface area contributed by atoms with E-state index in [4.69, 9.17) is 0 Å². The second kappa shape index (κ2) is 3.75. The normalized spacial score (nSPS) is 9.62. The SMILES string of the molecule is CCC(=O)c1ccc([N+](=O)[O-])nc1. The molecule has 0 aliphatic heterocycles. The van der Waals surface area contributed by atoms with Gasteiger partial charge in [-0.2, -0.15) is 0 Å². The van der Waals surface area contributed by atoms with Crippen molar-refractivity contribution in [1.29, 1.82) is 0 Å². The van der Waals surface area contributed by atoms with Gasteiger partial charge in [-0.3, -0.25) is 4.79 Å². The second-order valence-corrected chi connectivity index (χ2v) is 2.44. The van der Waals surface area contributed by atoms with E-state index in [1.54, 1.807) is 6.92 Å². The molecule has 0 amide bonds. The molecule has 0 aliphatic carbocycles. The zero-order valence-electron chi connectivity index (χ0n) is 7.06. The van der Waals surface area contributed by atoms with E-state index in [1.165, 1.54) is 18.3 Å². The standard InChI is InChI=1S/C8H8N2O3/c1-2-7(11)6-3-4-8(9-5-6)10(12)13/h3-5H,2H2,1H3. The molecule has 0 spiro atoms. The summed E-state index contributed by atoms with van der Waals surface area (Å²) in [5, 5.41) is 10.2. The molecule has 68 valence electrons. The fourth-order valence-electron chi connectivity index (χ4n) is 0.863. The van der Waals surface area contributed by atoms with Crippen molar-refractivity contribution in [3.8, 4) is 0 Å². The predicted molar refractivity (Wildman–Crippen MR) is 45.5 cm³/mol. The van der Waals surface area contributed by atoms with Crippen LogP contribution < -0.4 is 0 Å². The largest absolute Gasteiger partial charge is 0.363 e. The van der Waals surface area contributed by atoms with Crippen LogP contribution in [0.1, 0.15) is 23.7 Å². The molecule has 0 aliphatic rings. The molecule has 0 unspecified atom stereocenters. The molecule has 0 aromatic carbocycles. The summed E-state index contributed by atoms with van der Waals surface area (Å²) in [5.74, 6) is -0.310. The third-order valence-corrected chi connectivity index (χ3v) is 1.58. The van der Waals surface area contributed by atoms with Gasteiger partial charge in [-0.05, 0) is 16.0 Å². The van der Waals surface area contributed by atoms with Gasteiger partial charge in [0.05, 0.1) is 5.56 Å². The van der Waals surface area contributed by atoms with Gasteiger partial charge < -0.3 is 10.1 Å². The van der Waals surface area contributed by atoms with Gasteiger partial charge in [0.15, 0.2) is 12.0 Å². The van der Waals surface area contributed by atoms with Crippen molar-refractivity contribution in [2.75, 3.05) is 0 Å². The maximum absolute atomic E-state index is 11.1. The third kappa shape index (κ3) is 2.08. The molecular formula is C8H8N2O3. The first-order valence-electron chi connectivity index (χ1n) is 3.78. The number of rotatable bonds is 3. The summed E-state index contributed by atoms with van der Waals surface area (Å²) in [6.45, 7) is 1.73. The number of nitro groups is 1. The van der Waals surface area contributed by atoms with E-state index < -0.39 is 4.92 Å². The Morgan fingerprint density at radius 3 is 2.69 bits per heavy atom. The lowest BCUT2D eigenvalue weighted by Gasteiger charge is -1.94. The van der Waals surface area contributed by atoms with E-state index >= 15 is 0 Å². The zero-order chi connectivity index (χ0) is 9.84. The molecule has 0 radical (unpaired) electrons. The highest BCUT2D eigenvalue weighted by Gasteiger charge is 2.09. The van der Waals surface area contributed by atoms with Gasteiger partial charge in [-0.1, -0.05) is 6.92 Å². The van der Waals surface area contributed by atoms with E-state index in [2.05, 4.69) is 4.98 Å². The fraction of sp³-hybridized carbons (Fsp3) is 0.250. The number of carbonyl (C=O) groups is 1. The van der Waals surface area contributed by atoms with Crippen LogP contribution in [0.3, 0.4) is 0 Å². The number of hydrogen-bond acceptors (Lipinski definition) is 4. The Balaban J connectivity index is 2.93. The molecule has 0 atom stereocenters. The van der Waals surface area contributed by atoms with Crippen LogP contribution in [0.4, 0.5) is 5.82 Å². The Labute approximate surface area is 74.6 Å². The van der Waals surface area contributed by atoms with Gasteiger partial charge >= 0.3 is 5.82 Å². The van der Waals surface area contributed by atoms with Gasteiger partial charge in [0, 0.05) is 12.5 Å². The van der Waals surface area contributed by atoms with Crippen LogP contribution in [-0.4, -0.2) is 15.7 Å². The lowest BCUT2D eigenvalue weighted by atomic mass is 10.1. The molecule has 0 saturated heterocycles. The molecule has 1 heterocycles. The van der Waals surface area contributed by atoms with E-state index in [1.807, 2.05) is 0 Å². The third-order valence-electron chi connectivity index (χ3n) is 1.58. The number of pyridine rings is 1. The Bertz CT molecular complexity index is 332. The average Bonchev–Trinajstić information content (AvgIpc) is 2.17. The topological polar surface area (TPSA) is 73.1 Å². The maximum atomic E-state index is 11.1. The molecule has 0 saturated carbocycles. The van der Waals surface area contributed by atoms with Crippen LogP contribution in [0, 0.1) is 10.1 Å². The molecule has 1 aromatic heterocycles. The van der Waals surface area contributed by atoms with E-state index in [0.29, 0.717) is 12.0 Å². The summed E-state index contributed by atoms with van der Waals surface area (Å²) in [6.07, 6.45) is 1.60. The first-order valence-corrected chi connectivity index (χ1v) is 3.78. The van der Waals surface area contributed by atoms with Crippen molar-refractivity contribution in [3.05, 3.63) is 34.0 Å². The fourth-order valence-corrected chi connectivity index (χ4v) is 0.863. The summed E-state index contributed by atoms with van der Waals surface area (Å²) >= 11 is 0. The second-order valence-electron chi connectivity index (χ2n) is 2.44. The molecule has 5 heteroatoms. The van der Waals surface area contributed by atoms with Crippen molar-refractivity contribution < 1.29 is 9.72 Å². The van der Waals surface area contributed by atoms with Crippen molar-refractivity contribution >= 4 is 11.6 Å². The molecule has 0 fully saturated rings. The smallest absolute Gasteiger partial charge is 0.358 e. The monoisotopic (exact) mass is 180 g/mol. The van der Waals surface area contributed by atoms with Gasteiger partial charge in [-0.15, -0.1) is 0 Å². The van der Waals surface area contributed by atoms with Crippen LogP contribution in [0.2, 0.25) is 0 Å². The van der Waals surface area contributed by atoms with Crippen molar-refractivity contribution in [1.82, 2.24) is 4.98 Å². The Kier molecular flexibility index (Phi) is 2.69. The van der Waals surface area contributed by atoms with Gasteiger partial charge in [-0.25, -0.2) is 0 Å². The molecule has 5 nitrogen and oxygen atoms in total. The van der Waals surface area contributed by atoms with Crippen molar-refractivity contribution in [2.45, 2.75) is 13.3 Å². The first-order chi connectivity index (χ1) is 6.15. The number of nitrogens with zero attached hydrogens (tertiary/aromatic N) is 2. The first kappa shape index (κ1) is 9.31. The minimum atomic E-state index is -0.597. The highest BCUT2D eigenvalue weighted by atomic mass is 16.6. The highest BCUT2D eigenvalue weighted by Crippen LogP contribution is 2.08.